The molecular formula is C14H20N2O2S. The number of aryl methyl sites for hydroxylation is 1. The zero-order valence-electron chi connectivity index (χ0n) is 11.8. The lowest BCUT2D eigenvalue weighted by Gasteiger charge is -2.26. The third-order valence-electron chi connectivity index (χ3n) is 3.38. The van der Waals surface area contributed by atoms with Crippen molar-refractivity contribution in [2.75, 3.05) is 0 Å². The summed E-state index contributed by atoms with van der Waals surface area (Å²) in [6.45, 7) is 7.22. The Kier molecular flexibility index (Phi) is 4.72. The second kappa shape index (κ2) is 5.72. The molecule has 0 heterocycles. The van der Waals surface area contributed by atoms with Gasteiger partial charge in [-0.1, -0.05) is 32.9 Å². The summed E-state index contributed by atoms with van der Waals surface area (Å²) in [5, 5.41) is 9.17. The number of sulfonamides is 1. The molecule has 0 saturated heterocycles. The Morgan fingerprint density at radius 1 is 1.32 bits per heavy atom. The molecule has 4 nitrogen and oxygen atoms in total. The lowest BCUT2D eigenvalue weighted by atomic mass is 9.92. The zero-order chi connectivity index (χ0) is 14.7. The van der Waals surface area contributed by atoms with E-state index >= 15 is 0 Å². The Labute approximate surface area is 115 Å². The average molecular weight is 280 g/mol. The van der Waals surface area contributed by atoms with Crippen LogP contribution in [0.3, 0.4) is 0 Å². The lowest BCUT2D eigenvalue weighted by Crippen LogP contribution is -2.48. The topological polar surface area (TPSA) is 70.0 Å². The zero-order valence-corrected chi connectivity index (χ0v) is 12.6. The van der Waals surface area contributed by atoms with Crippen LogP contribution in [0.25, 0.3) is 0 Å². The predicted octanol–water partition coefficient (Wildman–Crippen LogP) is 2.47. The van der Waals surface area contributed by atoms with Gasteiger partial charge in [0.25, 0.3) is 0 Å². The Morgan fingerprint density at radius 2 is 1.84 bits per heavy atom. The molecule has 104 valence electrons. The van der Waals surface area contributed by atoms with Gasteiger partial charge in [0.05, 0.1) is 11.0 Å². The molecule has 1 N–H and O–H groups in total. The SMILES string of the molecule is CCc1ccc(S(=O)(=O)N[C@](C)(C#N)C(C)C)cc1. The molecule has 19 heavy (non-hydrogen) atoms. The van der Waals surface area contributed by atoms with E-state index in [9.17, 15) is 13.7 Å². The number of benzene rings is 1. The van der Waals surface area contributed by atoms with E-state index in [1.807, 2.05) is 26.8 Å². The summed E-state index contributed by atoms with van der Waals surface area (Å²) in [7, 11) is -3.67. The molecule has 0 aliphatic heterocycles. The first-order valence-corrected chi connectivity index (χ1v) is 7.77. The highest BCUT2D eigenvalue weighted by Gasteiger charge is 2.33. The second-order valence-electron chi connectivity index (χ2n) is 5.07. The van der Waals surface area contributed by atoms with Crippen molar-refractivity contribution < 1.29 is 8.42 Å². The monoisotopic (exact) mass is 280 g/mol. The van der Waals surface area contributed by atoms with Crippen molar-refractivity contribution >= 4 is 10.0 Å². The Bertz CT molecular complexity index is 570. The highest BCUT2D eigenvalue weighted by Crippen LogP contribution is 2.20. The summed E-state index contributed by atoms with van der Waals surface area (Å²) in [5.41, 5.74) is -0.0340. The van der Waals surface area contributed by atoms with Gasteiger partial charge in [-0.25, -0.2) is 8.42 Å². The smallest absolute Gasteiger partial charge is 0.207 e. The molecule has 5 heteroatoms. The van der Waals surface area contributed by atoms with E-state index < -0.39 is 15.6 Å². The van der Waals surface area contributed by atoms with E-state index in [1.165, 1.54) is 0 Å². The van der Waals surface area contributed by atoms with Crippen molar-refractivity contribution in [1.29, 1.82) is 5.26 Å². The maximum Gasteiger partial charge on any atom is 0.241 e. The molecule has 1 aromatic carbocycles. The van der Waals surface area contributed by atoms with Crippen molar-refractivity contribution in [2.24, 2.45) is 5.92 Å². The minimum Gasteiger partial charge on any atom is -0.207 e. The summed E-state index contributed by atoms with van der Waals surface area (Å²) in [4.78, 5) is 0.187. The maximum atomic E-state index is 12.2. The Balaban J connectivity index is 3.08. The molecule has 0 bridgehead atoms. The summed E-state index contributed by atoms with van der Waals surface area (Å²) in [6.07, 6.45) is 0.857. The van der Waals surface area contributed by atoms with Crippen LogP contribution >= 0.6 is 0 Å². The lowest BCUT2D eigenvalue weighted by molar-refractivity contribution is 0.389. The predicted molar refractivity (Wildman–Crippen MR) is 75.0 cm³/mol. The van der Waals surface area contributed by atoms with E-state index in [0.717, 1.165) is 12.0 Å². The van der Waals surface area contributed by atoms with E-state index in [-0.39, 0.29) is 10.8 Å². The molecule has 0 radical (unpaired) electrons. The van der Waals surface area contributed by atoms with Gasteiger partial charge in [0.15, 0.2) is 0 Å². The first-order chi connectivity index (χ1) is 8.75. The summed E-state index contributed by atoms with van der Waals surface area (Å²) < 4.78 is 27.0. The van der Waals surface area contributed by atoms with E-state index in [2.05, 4.69) is 4.72 Å². The van der Waals surface area contributed by atoms with Crippen LogP contribution in [0.1, 0.15) is 33.3 Å². The molecule has 0 amide bonds. The molecule has 0 aliphatic carbocycles. The first kappa shape index (κ1) is 15.7. The fourth-order valence-corrected chi connectivity index (χ4v) is 2.96. The number of hydrogen-bond acceptors (Lipinski definition) is 3. The third kappa shape index (κ3) is 3.55. The molecule has 1 atom stereocenters. The van der Waals surface area contributed by atoms with Gasteiger partial charge >= 0.3 is 0 Å². The number of nitrogens with zero attached hydrogens (tertiary/aromatic N) is 1. The van der Waals surface area contributed by atoms with Crippen molar-refractivity contribution in [1.82, 2.24) is 4.72 Å². The summed E-state index contributed by atoms with van der Waals surface area (Å²) >= 11 is 0. The van der Waals surface area contributed by atoms with Crippen LogP contribution in [-0.2, 0) is 16.4 Å². The molecule has 0 aliphatic rings. The van der Waals surface area contributed by atoms with Gasteiger partial charge in [0.2, 0.25) is 10.0 Å². The maximum absolute atomic E-state index is 12.2. The minimum absolute atomic E-state index is 0.123. The molecule has 1 rings (SSSR count). The van der Waals surface area contributed by atoms with E-state index in [0.29, 0.717) is 0 Å². The minimum atomic E-state index is -3.67. The van der Waals surface area contributed by atoms with E-state index in [1.54, 1.807) is 31.2 Å². The van der Waals surface area contributed by atoms with Crippen LogP contribution < -0.4 is 4.72 Å². The van der Waals surface area contributed by atoms with Crippen molar-refractivity contribution in [3.63, 3.8) is 0 Å². The largest absolute Gasteiger partial charge is 0.241 e. The molecule has 0 fully saturated rings. The normalized spacial score (nSPS) is 14.9. The van der Waals surface area contributed by atoms with Gasteiger partial charge in [-0.05, 0) is 37.0 Å². The molecule has 0 unspecified atom stereocenters. The fraction of sp³-hybridized carbons (Fsp3) is 0.500. The van der Waals surface area contributed by atoms with Gasteiger partial charge < -0.3 is 0 Å². The Hall–Kier alpha value is -1.38. The number of hydrogen-bond donors (Lipinski definition) is 1. The molecular weight excluding hydrogens is 260 g/mol. The highest BCUT2D eigenvalue weighted by atomic mass is 32.2. The molecule has 0 saturated carbocycles. The van der Waals surface area contributed by atoms with Crippen LogP contribution in [0.5, 0.6) is 0 Å². The highest BCUT2D eigenvalue weighted by molar-refractivity contribution is 7.89. The van der Waals surface area contributed by atoms with Gasteiger partial charge in [-0.2, -0.15) is 9.98 Å². The fourth-order valence-electron chi connectivity index (χ4n) is 1.51. The standard InChI is InChI=1S/C14H20N2O2S/c1-5-12-6-8-13(9-7-12)19(17,18)16-14(4,10-15)11(2)3/h6-9,11,16H,5H2,1-4H3/t14-/m1/s1. The summed E-state index contributed by atoms with van der Waals surface area (Å²) in [6, 6.07) is 8.74. The van der Waals surface area contributed by atoms with Crippen LogP contribution in [0.2, 0.25) is 0 Å². The third-order valence-corrected chi connectivity index (χ3v) is 4.96. The van der Waals surface area contributed by atoms with Crippen molar-refractivity contribution in [3.05, 3.63) is 29.8 Å². The van der Waals surface area contributed by atoms with Gasteiger partial charge in [-0.15, -0.1) is 0 Å². The number of rotatable bonds is 5. The Morgan fingerprint density at radius 3 is 2.21 bits per heavy atom. The van der Waals surface area contributed by atoms with Crippen molar-refractivity contribution in [2.45, 2.75) is 44.6 Å². The second-order valence-corrected chi connectivity index (χ2v) is 6.75. The van der Waals surface area contributed by atoms with Gasteiger partial charge in [0.1, 0.15) is 5.54 Å². The van der Waals surface area contributed by atoms with Gasteiger partial charge in [-0.3, -0.25) is 0 Å². The average Bonchev–Trinajstić information content (AvgIpc) is 2.38. The molecule has 1 aromatic rings. The van der Waals surface area contributed by atoms with E-state index in [4.69, 9.17) is 0 Å². The molecule has 0 aromatic heterocycles. The number of nitriles is 1. The van der Waals surface area contributed by atoms with Crippen LogP contribution in [0.15, 0.2) is 29.2 Å². The van der Waals surface area contributed by atoms with Crippen LogP contribution in [-0.4, -0.2) is 14.0 Å². The quantitative estimate of drug-likeness (QED) is 0.900. The first-order valence-electron chi connectivity index (χ1n) is 6.29. The molecule has 0 spiro atoms. The van der Waals surface area contributed by atoms with Gasteiger partial charge in [0, 0.05) is 0 Å². The van der Waals surface area contributed by atoms with Crippen molar-refractivity contribution in [3.8, 4) is 6.07 Å². The summed E-state index contributed by atoms with van der Waals surface area (Å²) in [5.74, 6) is -0.123. The van der Waals surface area contributed by atoms with Crippen LogP contribution in [0, 0.1) is 17.2 Å². The number of nitrogens with one attached hydrogen (secondary N) is 1. The van der Waals surface area contributed by atoms with Crippen LogP contribution in [0.4, 0.5) is 0 Å².